The van der Waals surface area contributed by atoms with Crippen LogP contribution < -0.4 is 15.4 Å². The van der Waals surface area contributed by atoms with Crippen LogP contribution in [0.15, 0.2) is 120 Å². The number of hydrogen-bond acceptors (Lipinski definition) is 4. The fraction of sp³-hybridized carbons (Fsp3) is 0.0625. The van der Waals surface area contributed by atoms with Crippen molar-refractivity contribution in [3.8, 4) is 5.75 Å². The number of nitrogens with one attached hydrogen (secondary N) is 2. The highest BCUT2D eigenvalue weighted by Crippen LogP contribution is 2.38. The van der Waals surface area contributed by atoms with Crippen molar-refractivity contribution < 1.29 is 14.3 Å². The Morgan fingerprint density at radius 1 is 0.769 bits per heavy atom. The molecule has 0 aliphatic rings. The van der Waals surface area contributed by atoms with Gasteiger partial charge in [-0.1, -0.05) is 72.3 Å². The summed E-state index contributed by atoms with van der Waals surface area (Å²) in [5.74, 6) is 0.134. The van der Waals surface area contributed by atoms with Crippen molar-refractivity contribution >= 4 is 57.3 Å². The molecule has 2 N–H and O–H groups in total. The van der Waals surface area contributed by atoms with Crippen molar-refractivity contribution in [3.63, 3.8) is 0 Å². The molecule has 5 rings (SSSR count). The average molecular weight is 553 g/mol. The smallest absolute Gasteiger partial charge is 0.255 e. The molecule has 5 aromatic rings. The van der Waals surface area contributed by atoms with Crippen molar-refractivity contribution in [3.05, 3.63) is 131 Å². The Bertz CT molecular complexity index is 1620. The highest BCUT2D eigenvalue weighted by Gasteiger charge is 2.23. The third-order valence-corrected chi connectivity index (χ3v) is 7.64. The number of carbonyl (C=O) groups is 2. The summed E-state index contributed by atoms with van der Waals surface area (Å²) in [6.45, 7) is 0. The standard InChI is InChI=1S/C32H25ClN2O3S/c1-38-29-18-13-25(33)20-28(29)35-32(37)30(22-8-3-2-4-9-22)39-27-16-14-26(15-17-27)34-31(36)24-12-11-21-7-5-6-10-23(21)19-24/h2-20,30H,1H3,(H,34,36)(H,35,37). The quantitative estimate of drug-likeness (QED) is 0.190. The molecule has 0 saturated heterocycles. The van der Waals surface area contributed by atoms with Gasteiger partial charge in [-0.05, 0) is 70.9 Å². The lowest BCUT2D eigenvalue weighted by atomic mass is 10.1. The second kappa shape index (κ2) is 12.1. The Hall–Kier alpha value is -4.26. The normalized spacial score (nSPS) is 11.5. The summed E-state index contributed by atoms with van der Waals surface area (Å²) in [6.07, 6.45) is 0. The Kier molecular flexibility index (Phi) is 8.16. The van der Waals surface area contributed by atoms with Crippen molar-refractivity contribution in [2.45, 2.75) is 10.1 Å². The van der Waals surface area contributed by atoms with Crippen LogP contribution in [0.1, 0.15) is 21.2 Å². The van der Waals surface area contributed by atoms with E-state index in [1.54, 1.807) is 25.3 Å². The van der Waals surface area contributed by atoms with E-state index in [1.807, 2.05) is 97.1 Å². The van der Waals surface area contributed by atoms with Gasteiger partial charge in [0.2, 0.25) is 5.91 Å². The number of hydrogen-bond donors (Lipinski definition) is 2. The fourth-order valence-corrected chi connectivity index (χ4v) is 5.36. The third kappa shape index (κ3) is 6.42. The van der Waals surface area contributed by atoms with E-state index in [0.29, 0.717) is 27.7 Å². The van der Waals surface area contributed by atoms with Crippen LogP contribution in [0.25, 0.3) is 10.8 Å². The minimum atomic E-state index is -0.534. The van der Waals surface area contributed by atoms with E-state index in [9.17, 15) is 9.59 Å². The molecule has 5 aromatic carbocycles. The zero-order valence-corrected chi connectivity index (χ0v) is 22.6. The van der Waals surface area contributed by atoms with Crippen molar-refractivity contribution in [1.29, 1.82) is 0 Å². The van der Waals surface area contributed by atoms with Crippen molar-refractivity contribution in [2.24, 2.45) is 0 Å². The Labute approximate surface area is 236 Å². The van der Waals surface area contributed by atoms with Gasteiger partial charge in [-0.2, -0.15) is 0 Å². The Balaban J connectivity index is 1.32. The fourth-order valence-electron chi connectivity index (χ4n) is 4.16. The van der Waals surface area contributed by atoms with E-state index in [1.165, 1.54) is 11.8 Å². The van der Waals surface area contributed by atoms with Crippen LogP contribution in [0, 0.1) is 0 Å². The summed E-state index contributed by atoms with van der Waals surface area (Å²) in [6, 6.07) is 35.7. The number of thioether (sulfide) groups is 1. The SMILES string of the molecule is COc1ccc(Cl)cc1NC(=O)C(Sc1ccc(NC(=O)c2ccc3ccccc3c2)cc1)c1ccccc1. The first-order chi connectivity index (χ1) is 19.0. The number of carbonyl (C=O) groups excluding carboxylic acids is 2. The predicted molar refractivity (Wildman–Crippen MR) is 160 cm³/mol. The molecule has 5 nitrogen and oxygen atoms in total. The second-order valence-corrected chi connectivity index (χ2v) is 10.4. The second-order valence-electron chi connectivity index (χ2n) is 8.78. The van der Waals surface area contributed by atoms with Crippen LogP contribution in [-0.4, -0.2) is 18.9 Å². The number of benzene rings is 5. The number of rotatable bonds is 8. The molecule has 1 atom stereocenters. The lowest BCUT2D eigenvalue weighted by Gasteiger charge is -2.18. The zero-order chi connectivity index (χ0) is 27.2. The van der Waals surface area contributed by atoms with E-state index >= 15 is 0 Å². The monoisotopic (exact) mass is 552 g/mol. The van der Waals surface area contributed by atoms with Gasteiger partial charge in [0.05, 0.1) is 12.8 Å². The molecule has 0 aliphatic carbocycles. The van der Waals surface area contributed by atoms with Crippen LogP contribution in [0.3, 0.4) is 0 Å². The minimum Gasteiger partial charge on any atom is -0.495 e. The topological polar surface area (TPSA) is 67.4 Å². The summed E-state index contributed by atoms with van der Waals surface area (Å²) >= 11 is 7.57. The first-order valence-electron chi connectivity index (χ1n) is 12.3. The van der Waals surface area contributed by atoms with Gasteiger partial charge in [-0.15, -0.1) is 11.8 Å². The predicted octanol–water partition coefficient (Wildman–Crippen LogP) is 8.23. The van der Waals surface area contributed by atoms with Gasteiger partial charge in [0.1, 0.15) is 11.0 Å². The van der Waals surface area contributed by atoms with Gasteiger partial charge in [0.15, 0.2) is 0 Å². The average Bonchev–Trinajstić information content (AvgIpc) is 2.97. The number of ether oxygens (including phenoxy) is 1. The van der Waals surface area contributed by atoms with Crippen molar-refractivity contribution in [2.75, 3.05) is 17.7 Å². The maximum atomic E-state index is 13.5. The third-order valence-electron chi connectivity index (χ3n) is 6.14. The van der Waals surface area contributed by atoms with Gasteiger partial charge < -0.3 is 15.4 Å². The molecule has 0 heterocycles. The summed E-state index contributed by atoms with van der Waals surface area (Å²) in [7, 11) is 1.54. The van der Waals surface area contributed by atoms with E-state index in [4.69, 9.17) is 16.3 Å². The van der Waals surface area contributed by atoms with Crippen LogP contribution in [0.5, 0.6) is 5.75 Å². The van der Waals surface area contributed by atoms with E-state index in [2.05, 4.69) is 10.6 Å². The summed E-state index contributed by atoms with van der Waals surface area (Å²) in [5.41, 5.74) is 2.62. The molecule has 194 valence electrons. The molecule has 0 radical (unpaired) electrons. The molecule has 0 fully saturated rings. The van der Waals surface area contributed by atoms with Crippen LogP contribution in [0.4, 0.5) is 11.4 Å². The summed E-state index contributed by atoms with van der Waals surface area (Å²) in [4.78, 5) is 27.2. The summed E-state index contributed by atoms with van der Waals surface area (Å²) < 4.78 is 5.39. The van der Waals surface area contributed by atoms with Crippen LogP contribution in [-0.2, 0) is 4.79 Å². The van der Waals surface area contributed by atoms with Gasteiger partial charge in [-0.3, -0.25) is 9.59 Å². The largest absolute Gasteiger partial charge is 0.495 e. The molecule has 1 unspecified atom stereocenters. The number of fused-ring (bicyclic) bond motifs is 1. The van der Waals surface area contributed by atoms with E-state index < -0.39 is 5.25 Å². The lowest BCUT2D eigenvalue weighted by molar-refractivity contribution is -0.115. The summed E-state index contributed by atoms with van der Waals surface area (Å²) in [5, 5.41) is 7.98. The Morgan fingerprint density at radius 3 is 2.23 bits per heavy atom. The first-order valence-corrected chi connectivity index (χ1v) is 13.5. The number of methoxy groups -OCH3 is 1. The molecular weight excluding hydrogens is 528 g/mol. The highest BCUT2D eigenvalue weighted by atomic mass is 35.5. The van der Waals surface area contributed by atoms with Gasteiger partial charge >= 0.3 is 0 Å². The molecule has 0 aliphatic heterocycles. The van der Waals surface area contributed by atoms with E-state index in [-0.39, 0.29) is 11.8 Å². The van der Waals surface area contributed by atoms with Crippen LogP contribution in [0.2, 0.25) is 5.02 Å². The number of halogens is 1. The Morgan fingerprint density at radius 2 is 1.49 bits per heavy atom. The first kappa shape index (κ1) is 26.4. The number of amides is 2. The molecule has 39 heavy (non-hydrogen) atoms. The molecular formula is C32H25ClN2O3S. The van der Waals surface area contributed by atoms with Gasteiger partial charge in [-0.25, -0.2) is 0 Å². The molecule has 0 spiro atoms. The molecule has 7 heteroatoms. The van der Waals surface area contributed by atoms with Gasteiger partial charge in [0, 0.05) is 21.2 Å². The lowest BCUT2D eigenvalue weighted by Crippen LogP contribution is -2.19. The molecule has 0 saturated carbocycles. The minimum absolute atomic E-state index is 0.182. The van der Waals surface area contributed by atoms with Gasteiger partial charge in [0.25, 0.3) is 5.91 Å². The molecule has 0 bridgehead atoms. The van der Waals surface area contributed by atoms with Crippen LogP contribution >= 0.6 is 23.4 Å². The number of anilines is 2. The van der Waals surface area contributed by atoms with Crippen molar-refractivity contribution in [1.82, 2.24) is 0 Å². The van der Waals surface area contributed by atoms with E-state index in [0.717, 1.165) is 21.2 Å². The maximum absolute atomic E-state index is 13.5. The maximum Gasteiger partial charge on any atom is 0.255 e. The molecule has 0 aromatic heterocycles. The highest BCUT2D eigenvalue weighted by molar-refractivity contribution is 8.00. The zero-order valence-electron chi connectivity index (χ0n) is 21.1. The molecule has 2 amide bonds.